The maximum Gasteiger partial charge on any atom is 0.267 e. The van der Waals surface area contributed by atoms with Gasteiger partial charge in [-0.2, -0.15) is 0 Å². The van der Waals surface area contributed by atoms with E-state index in [9.17, 15) is 4.79 Å². The van der Waals surface area contributed by atoms with E-state index in [1.165, 1.54) is 16.9 Å². The first-order valence-corrected chi connectivity index (χ1v) is 11.8. The Morgan fingerprint density at radius 2 is 1.82 bits per heavy atom. The van der Waals surface area contributed by atoms with Crippen LogP contribution in [0.5, 0.6) is 11.5 Å². The first-order valence-electron chi connectivity index (χ1n) is 11.0. The van der Waals surface area contributed by atoms with Gasteiger partial charge in [-0.25, -0.2) is 4.98 Å². The van der Waals surface area contributed by atoms with Crippen molar-refractivity contribution in [2.75, 3.05) is 52.8 Å². The van der Waals surface area contributed by atoms with E-state index in [1.807, 2.05) is 37.3 Å². The molecule has 1 amide bonds. The van der Waals surface area contributed by atoms with Crippen LogP contribution in [0.2, 0.25) is 0 Å². The Hall–Kier alpha value is -2.94. The highest BCUT2D eigenvalue weighted by atomic mass is 32.1. The summed E-state index contributed by atoms with van der Waals surface area (Å²) in [5.74, 6) is 1.14. The Morgan fingerprint density at radius 3 is 2.55 bits per heavy atom. The van der Waals surface area contributed by atoms with Crippen molar-refractivity contribution in [1.82, 2.24) is 14.8 Å². The molecule has 8 heteroatoms. The molecule has 174 valence electrons. The van der Waals surface area contributed by atoms with Gasteiger partial charge in [-0.15, -0.1) is 11.3 Å². The molecule has 33 heavy (non-hydrogen) atoms. The van der Waals surface area contributed by atoms with Gasteiger partial charge >= 0.3 is 0 Å². The van der Waals surface area contributed by atoms with Gasteiger partial charge in [-0.05, 0) is 49.9 Å². The largest absolute Gasteiger partial charge is 0.493 e. The van der Waals surface area contributed by atoms with Crippen molar-refractivity contribution < 1.29 is 14.3 Å². The fraction of sp³-hybridized carbons (Fsp3) is 0.360. The maximum absolute atomic E-state index is 13.0. The quantitative estimate of drug-likeness (QED) is 0.565. The Kier molecular flexibility index (Phi) is 7.27. The maximum atomic E-state index is 13.0. The summed E-state index contributed by atoms with van der Waals surface area (Å²) in [6.45, 7) is 7.05. The first kappa shape index (κ1) is 23.2. The fourth-order valence-corrected chi connectivity index (χ4v) is 4.86. The molecule has 1 aromatic heterocycles. The standard InChI is InChI=1S/C25H30N4O3S/c1-17-23(33-25(26-17)19-8-9-21(31-3)22(15-19)32-4)24(30)27-20-7-5-6-18(14-20)16-29-12-10-28(2)11-13-29/h5-9,14-15H,10-13,16H2,1-4H3,(H,27,30). The fourth-order valence-electron chi connectivity index (χ4n) is 3.90. The molecule has 0 atom stereocenters. The van der Waals surface area contributed by atoms with Gasteiger partial charge < -0.3 is 19.7 Å². The smallest absolute Gasteiger partial charge is 0.267 e. The van der Waals surface area contributed by atoms with Crippen LogP contribution in [0.25, 0.3) is 10.6 Å². The van der Waals surface area contributed by atoms with Gasteiger partial charge in [0.05, 0.1) is 19.9 Å². The van der Waals surface area contributed by atoms with Crippen molar-refractivity contribution in [3.8, 4) is 22.1 Å². The topological polar surface area (TPSA) is 66.9 Å². The SMILES string of the molecule is COc1ccc(-c2nc(C)c(C(=O)Nc3cccc(CN4CCN(C)CC4)c3)s2)cc1OC. The number of methoxy groups -OCH3 is 2. The number of aromatic nitrogens is 1. The van der Waals surface area contributed by atoms with Crippen molar-refractivity contribution in [1.29, 1.82) is 0 Å². The molecule has 1 aliphatic heterocycles. The lowest BCUT2D eigenvalue weighted by Gasteiger charge is -2.32. The van der Waals surface area contributed by atoms with E-state index in [0.717, 1.165) is 49.0 Å². The summed E-state index contributed by atoms with van der Waals surface area (Å²) >= 11 is 1.37. The molecule has 2 aromatic carbocycles. The summed E-state index contributed by atoms with van der Waals surface area (Å²) < 4.78 is 10.7. The van der Waals surface area contributed by atoms with Gasteiger partial charge in [0.25, 0.3) is 5.91 Å². The number of benzene rings is 2. The van der Waals surface area contributed by atoms with Crippen LogP contribution in [-0.2, 0) is 6.54 Å². The zero-order valence-electron chi connectivity index (χ0n) is 19.6. The van der Waals surface area contributed by atoms with Crippen molar-refractivity contribution in [3.63, 3.8) is 0 Å². The van der Waals surface area contributed by atoms with Crippen molar-refractivity contribution in [2.45, 2.75) is 13.5 Å². The van der Waals surface area contributed by atoms with Crippen LogP contribution < -0.4 is 14.8 Å². The van der Waals surface area contributed by atoms with Gasteiger partial charge in [0, 0.05) is 44.0 Å². The number of amides is 1. The molecule has 1 saturated heterocycles. The number of hydrogen-bond acceptors (Lipinski definition) is 7. The monoisotopic (exact) mass is 466 g/mol. The number of thiazole rings is 1. The van der Waals surface area contributed by atoms with E-state index in [0.29, 0.717) is 22.1 Å². The summed E-state index contributed by atoms with van der Waals surface area (Å²) in [7, 11) is 5.37. The molecule has 1 N–H and O–H groups in total. The molecule has 4 rings (SSSR count). The predicted molar refractivity (Wildman–Crippen MR) is 133 cm³/mol. The van der Waals surface area contributed by atoms with E-state index in [1.54, 1.807) is 14.2 Å². The highest BCUT2D eigenvalue weighted by Gasteiger charge is 2.18. The number of anilines is 1. The van der Waals surface area contributed by atoms with Crippen LogP contribution >= 0.6 is 11.3 Å². The molecule has 7 nitrogen and oxygen atoms in total. The van der Waals surface area contributed by atoms with Gasteiger partial charge in [-0.1, -0.05) is 12.1 Å². The number of ether oxygens (including phenoxy) is 2. The number of nitrogens with zero attached hydrogens (tertiary/aromatic N) is 3. The van der Waals surface area contributed by atoms with Gasteiger partial charge in [0.15, 0.2) is 11.5 Å². The molecule has 1 fully saturated rings. The summed E-state index contributed by atoms with van der Waals surface area (Å²) in [6, 6.07) is 13.7. The molecular weight excluding hydrogens is 436 g/mol. The normalized spacial score (nSPS) is 14.8. The Morgan fingerprint density at radius 1 is 1.06 bits per heavy atom. The van der Waals surface area contributed by atoms with E-state index in [-0.39, 0.29) is 5.91 Å². The zero-order valence-corrected chi connectivity index (χ0v) is 20.4. The minimum absolute atomic E-state index is 0.145. The van der Waals surface area contributed by atoms with Crippen LogP contribution in [0, 0.1) is 6.92 Å². The summed E-state index contributed by atoms with van der Waals surface area (Å²) in [5.41, 5.74) is 3.58. The average Bonchev–Trinajstić information content (AvgIpc) is 3.22. The summed E-state index contributed by atoms with van der Waals surface area (Å²) in [6.07, 6.45) is 0. The lowest BCUT2D eigenvalue weighted by molar-refractivity contribution is 0.103. The second-order valence-electron chi connectivity index (χ2n) is 8.24. The number of rotatable bonds is 7. The number of nitrogens with one attached hydrogen (secondary N) is 1. The molecule has 3 aromatic rings. The predicted octanol–water partition coefficient (Wildman–Crippen LogP) is 4.14. The van der Waals surface area contributed by atoms with Crippen LogP contribution in [0.1, 0.15) is 20.9 Å². The molecule has 0 unspecified atom stereocenters. The Labute approximate surface area is 199 Å². The average molecular weight is 467 g/mol. The first-order chi connectivity index (χ1) is 16.0. The third-order valence-corrected chi connectivity index (χ3v) is 7.03. The summed E-state index contributed by atoms with van der Waals surface area (Å²) in [5, 5.41) is 3.82. The van der Waals surface area contributed by atoms with Crippen LogP contribution in [0.15, 0.2) is 42.5 Å². The second-order valence-corrected chi connectivity index (χ2v) is 9.24. The lowest BCUT2D eigenvalue weighted by Crippen LogP contribution is -2.43. The van der Waals surface area contributed by atoms with Gasteiger partial charge in [-0.3, -0.25) is 9.69 Å². The highest BCUT2D eigenvalue weighted by molar-refractivity contribution is 7.17. The van der Waals surface area contributed by atoms with Crippen molar-refractivity contribution in [2.24, 2.45) is 0 Å². The number of likely N-dealkylation sites (N-methyl/N-ethyl adjacent to an activating group) is 1. The zero-order chi connectivity index (χ0) is 23.4. The number of carbonyl (C=O) groups excluding carboxylic acids is 1. The molecule has 0 aliphatic carbocycles. The number of carbonyl (C=O) groups is 1. The van der Waals surface area contributed by atoms with Gasteiger partial charge in [0.2, 0.25) is 0 Å². The van der Waals surface area contributed by atoms with E-state index < -0.39 is 0 Å². The van der Waals surface area contributed by atoms with E-state index in [4.69, 9.17) is 9.47 Å². The summed E-state index contributed by atoms with van der Waals surface area (Å²) in [4.78, 5) is 23.1. The molecule has 1 aliphatic rings. The van der Waals surface area contributed by atoms with Crippen LogP contribution in [0.4, 0.5) is 5.69 Å². The second kappa shape index (κ2) is 10.3. The number of aryl methyl sites for hydroxylation is 1. The number of piperazine rings is 1. The highest BCUT2D eigenvalue weighted by Crippen LogP contribution is 2.35. The molecule has 0 radical (unpaired) electrons. The Balaban J connectivity index is 1.47. The minimum atomic E-state index is -0.145. The van der Waals surface area contributed by atoms with Crippen molar-refractivity contribution in [3.05, 3.63) is 58.6 Å². The van der Waals surface area contributed by atoms with E-state index in [2.05, 4.69) is 39.3 Å². The third kappa shape index (κ3) is 5.52. The third-order valence-electron chi connectivity index (χ3n) is 5.82. The molecular formula is C25H30N4O3S. The van der Waals surface area contributed by atoms with Crippen LogP contribution in [0.3, 0.4) is 0 Å². The van der Waals surface area contributed by atoms with Gasteiger partial charge in [0.1, 0.15) is 9.88 Å². The Bertz CT molecular complexity index is 1120. The van der Waals surface area contributed by atoms with E-state index >= 15 is 0 Å². The number of hydrogen-bond donors (Lipinski definition) is 1. The van der Waals surface area contributed by atoms with Crippen molar-refractivity contribution >= 4 is 22.9 Å². The lowest BCUT2D eigenvalue weighted by atomic mass is 10.1. The molecule has 0 saturated carbocycles. The molecule has 0 bridgehead atoms. The van der Waals surface area contributed by atoms with Crippen LogP contribution in [-0.4, -0.2) is 68.1 Å². The molecule has 2 heterocycles. The molecule has 0 spiro atoms. The minimum Gasteiger partial charge on any atom is -0.493 e.